The number of hydrogen-bond donors (Lipinski definition) is 2. The van der Waals surface area contributed by atoms with Gasteiger partial charge in [0.25, 0.3) is 5.09 Å². The molecule has 1 unspecified atom stereocenters. The van der Waals surface area contributed by atoms with E-state index in [1.54, 1.807) is 12.1 Å². The minimum absolute atomic E-state index is 0.0738. The molecule has 21 heavy (non-hydrogen) atoms. The molecule has 0 spiro atoms. The van der Waals surface area contributed by atoms with E-state index in [9.17, 15) is 19.7 Å². The van der Waals surface area contributed by atoms with Gasteiger partial charge in [0, 0.05) is 0 Å². The lowest BCUT2D eigenvalue weighted by atomic mass is 10.1. The molecule has 9 nitrogen and oxygen atoms in total. The maximum Gasteiger partial charge on any atom is 0.328 e. The summed E-state index contributed by atoms with van der Waals surface area (Å²) in [4.78, 5) is 36.0. The van der Waals surface area contributed by atoms with Crippen LogP contribution in [-0.4, -0.2) is 34.8 Å². The smallest absolute Gasteiger partial charge is 0.328 e. The van der Waals surface area contributed by atoms with Gasteiger partial charge in [0.15, 0.2) is 0 Å². The summed E-state index contributed by atoms with van der Waals surface area (Å²) >= 11 is 0. The lowest BCUT2D eigenvalue weighted by molar-refractivity contribution is -0.757. The number of nitrogens with zero attached hydrogens (tertiary/aromatic N) is 1. The zero-order valence-electron chi connectivity index (χ0n) is 10.9. The first-order valence-electron chi connectivity index (χ1n) is 5.94. The molecule has 0 saturated heterocycles. The predicted molar refractivity (Wildman–Crippen MR) is 69.0 cm³/mol. The fourth-order valence-corrected chi connectivity index (χ4v) is 1.43. The van der Waals surface area contributed by atoms with Crippen LogP contribution < -0.4 is 10.5 Å². The van der Waals surface area contributed by atoms with Gasteiger partial charge in [-0.2, -0.15) is 0 Å². The molecule has 1 atom stereocenters. The molecule has 0 aromatic heterocycles. The van der Waals surface area contributed by atoms with Crippen molar-refractivity contribution in [2.24, 2.45) is 5.73 Å². The summed E-state index contributed by atoms with van der Waals surface area (Å²) in [6, 6.07) is 4.93. The third kappa shape index (κ3) is 6.34. The molecule has 0 amide bonds. The van der Waals surface area contributed by atoms with Gasteiger partial charge < -0.3 is 20.4 Å². The van der Waals surface area contributed by atoms with E-state index < -0.39 is 29.5 Å². The summed E-state index contributed by atoms with van der Waals surface area (Å²) < 4.78 is 4.91. The minimum Gasteiger partial charge on any atom is -0.481 e. The molecule has 3 N–H and O–H groups in total. The molecule has 0 heterocycles. The lowest BCUT2D eigenvalue weighted by Crippen LogP contribution is -2.36. The molecule has 0 radical (unpaired) electrons. The van der Waals surface area contributed by atoms with Crippen LogP contribution >= 0.6 is 0 Å². The third-order valence-electron chi connectivity index (χ3n) is 2.43. The van der Waals surface area contributed by atoms with Crippen molar-refractivity contribution in [3.8, 4) is 5.75 Å². The summed E-state index contributed by atoms with van der Waals surface area (Å²) in [5, 5.41) is 17.6. The number of benzene rings is 1. The standard InChI is InChI=1S/C12H14N2O7/c13-10(7-11(15)16)12(17)21-9-3-1-8(2-4-9)5-6-20-14(18)19/h1-4,10H,5-7,13H2,(H,15,16). The van der Waals surface area contributed by atoms with Gasteiger partial charge in [0.1, 0.15) is 18.4 Å². The Morgan fingerprint density at radius 1 is 1.33 bits per heavy atom. The van der Waals surface area contributed by atoms with Crippen LogP contribution in [-0.2, 0) is 20.8 Å². The number of carbonyl (C=O) groups is 2. The van der Waals surface area contributed by atoms with Gasteiger partial charge in [-0.15, -0.1) is 10.1 Å². The highest BCUT2D eigenvalue weighted by Crippen LogP contribution is 2.13. The van der Waals surface area contributed by atoms with E-state index in [1.807, 2.05) is 0 Å². The van der Waals surface area contributed by atoms with Crippen LogP contribution in [0.1, 0.15) is 12.0 Å². The molecule has 0 aliphatic carbocycles. The van der Waals surface area contributed by atoms with Crippen molar-refractivity contribution < 1.29 is 29.4 Å². The van der Waals surface area contributed by atoms with E-state index in [1.165, 1.54) is 12.1 Å². The van der Waals surface area contributed by atoms with Crippen LogP contribution in [0.25, 0.3) is 0 Å². The van der Waals surface area contributed by atoms with Crippen LogP contribution in [0.3, 0.4) is 0 Å². The summed E-state index contributed by atoms with van der Waals surface area (Å²) in [5.41, 5.74) is 6.11. The highest BCUT2D eigenvalue weighted by atomic mass is 16.9. The first kappa shape index (κ1) is 16.4. The molecule has 1 rings (SSSR count). The molecule has 0 aliphatic rings. The second kappa shape index (κ2) is 7.80. The van der Waals surface area contributed by atoms with Crippen molar-refractivity contribution in [3.63, 3.8) is 0 Å². The number of carboxylic acid groups (broad SMARTS) is 1. The first-order chi connectivity index (χ1) is 9.88. The average molecular weight is 298 g/mol. The normalized spacial score (nSPS) is 11.5. The second-order valence-electron chi connectivity index (χ2n) is 4.08. The number of ether oxygens (including phenoxy) is 1. The number of aliphatic carboxylic acids is 1. The van der Waals surface area contributed by atoms with Crippen molar-refractivity contribution in [2.75, 3.05) is 6.61 Å². The van der Waals surface area contributed by atoms with E-state index in [0.717, 1.165) is 5.56 Å². The first-order valence-corrected chi connectivity index (χ1v) is 5.94. The van der Waals surface area contributed by atoms with E-state index in [0.29, 0.717) is 6.42 Å². The van der Waals surface area contributed by atoms with Crippen LogP contribution in [0, 0.1) is 10.1 Å². The van der Waals surface area contributed by atoms with Crippen molar-refractivity contribution in [3.05, 3.63) is 39.9 Å². The van der Waals surface area contributed by atoms with Crippen LogP contribution in [0.15, 0.2) is 24.3 Å². The Morgan fingerprint density at radius 2 is 1.95 bits per heavy atom. The second-order valence-corrected chi connectivity index (χ2v) is 4.08. The molecule has 0 fully saturated rings. The van der Waals surface area contributed by atoms with Crippen molar-refractivity contribution in [1.29, 1.82) is 0 Å². The Hall–Kier alpha value is -2.68. The predicted octanol–water partition coefficient (Wildman–Crippen LogP) is 0.145. The van der Waals surface area contributed by atoms with Gasteiger partial charge in [-0.25, -0.2) is 4.79 Å². The van der Waals surface area contributed by atoms with Crippen molar-refractivity contribution in [1.82, 2.24) is 0 Å². The number of carboxylic acids is 1. The molecule has 0 bridgehead atoms. The summed E-state index contributed by atoms with van der Waals surface area (Å²) in [6.07, 6.45) is -0.192. The third-order valence-corrected chi connectivity index (χ3v) is 2.43. The van der Waals surface area contributed by atoms with E-state index in [-0.39, 0.29) is 12.4 Å². The summed E-state index contributed by atoms with van der Waals surface area (Å²) in [7, 11) is 0. The van der Waals surface area contributed by atoms with Crippen molar-refractivity contribution in [2.45, 2.75) is 18.9 Å². The van der Waals surface area contributed by atoms with Gasteiger partial charge in [0.05, 0.1) is 6.42 Å². The minimum atomic E-state index is -1.24. The van der Waals surface area contributed by atoms with Gasteiger partial charge in [-0.1, -0.05) is 12.1 Å². The maximum absolute atomic E-state index is 11.5. The Morgan fingerprint density at radius 3 is 2.48 bits per heavy atom. The Kier molecular flexibility index (Phi) is 6.08. The van der Waals surface area contributed by atoms with E-state index in [4.69, 9.17) is 15.6 Å². The molecule has 114 valence electrons. The maximum atomic E-state index is 11.5. The number of carbonyl (C=O) groups excluding carboxylic acids is 1. The molecule has 0 aliphatic heterocycles. The Balaban J connectivity index is 2.48. The Labute approximate surface area is 119 Å². The monoisotopic (exact) mass is 298 g/mol. The summed E-state index contributed by atoms with van der Waals surface area (Å²) in [5.74, 6) is -1.83. The SMILES string of the molecule is NC(CC(=O)O)C(=O)Oc1ccc(CCO[N+](=O)[O-])cc1. The topological polar surface area (TPSA) is 142 Å². The molecular weight excluding hydrogens is 284 g/mol. The van der Waals surface area contributed by atoms with Gasteiger partial charge in [-0.05, 0) is 24.1 Å². The fraction of sp³-hybridized carbons (Fsp3) is 0.333. The molecule has 0 saturated carbocycles. The Bertz CT molecular complexity index is 515. The average Bonchev–Trinajstić information content (AvgIpc) is 2.39. The largest absolute Gasteiger partial charge is 0.481 e. The van der Waals surface area contributed by atoms with Gasteiger partial charge in [0.2, 0.25) is 0 Å². The van der Waals surface area contributed by atoms with Crippen molar-refractivity contribution >= 4 is 11.9 Å². The van der Waals surface area contributed by atoms with Gasteiger partial charge in [-0.3, -0.25) is 4.79 Å². The number of nitrogens with two attached hydrogens (primary N) is 1. The highest BCUT2D eigenvalue weighted by molar-refractivity contribution is 5.83. The zero-order valence-corrected chi connectivity index (χ0v) is 10.9. The van der Waals surface area contributed by atoms with Crippen LogP contribution in [0.4, 0.5) is 0 Å². The zero-order chi connectivity index (χ0) is 15.8. The van der Waals surface area contributed by atoms with E-state index in [2.05, 4.69) is 4.84 Å². The highest BCUT2D eigenvalue weighted by Gasteiger charge is 2.19. The van der Waals surface area contributed by atoms with E-state index >= 15 is 0 Å². The molecular formula is C12H14N2O7. The molecule has 1 aromatic rings. The number of hydrogen-bond acceptors (Lipinski definition) is 7. The summed E-state index contributed by atoms with van der Waals surface area (Å²) in [6.45, 7) is -0.0738. The van der Waals surface area contributed by atoms with Crippen LogP contribution in [0.2, 0.25) is 0 Å². The number of esters is 1. The fourth-order valence-electron chi connectivity index (χ4n) is 1.43. The quantitative estimate of drug-likeness (QED) is 0.299. The lowest BCUT2D eigenvalue weighted by Gasteiger charge is -2.09. The molecule has 9 heteroatoms. The van der Waals surface area contributed by atoms with Gasteiger partial charge >= 0.3 is 11.9 Å². The molecule has 1 aromatic carbocycles. The van der Waals surface area contributed by atoms with Crippen LogP contribution in [0.5, 0.6) is 5.75 Å². The number of rotatable bonds is 8.